The van der Waals surface area contributed by atoms with Gasteiger partial charge in [0.1, 0.15) is 10.0 Å². The van der Waals surface area contributed by atoms with E-state index in [1.54, 1.807) is 22.7 Å². The van der Waals surface area contributed by atoms with Crippen LogP contribution in [0.3, 0.4) is 0 Å². The molecule has 0 saturated heterocycles. The monoisotopic (exact) mass is 544 g/mol. The zero-order valence-electron chi connectivity index (χ0n) is 19.1. The molecule has 0 spiro atoms. The van der Waals surface area contributed by atoms with Gasteiger partial charge in [-0.1, -0.05) is 24.3 Å². The zero-order valence-corrected chi connectivity index (χ0v) is 23.2. The number of fused-ring (bicyclic) bond motifs is 2. The topological polar surface area (TPSA) is 25.8 Å². The number of hydrogen-bond acceptors (Lipinski definition) is 7. The first kappa shape index (κ1) is 21.9. The lowest BCUT2D eigenvalue weighted by molar-refractivity contribution is 1.49. The lowest BCUT2D eigenvalue weighted by atomic mass is 9.97. The number of para-hydroxylation sites is 2. The Morgan fingerprint density at radius 3 is 1.51 bits per heavy atom. The summed E-state index contributed by atoms with van der Waals surface area (Å²) < 4.78 is 2.51. The highest BCUT2D eigenvalue weighted by atomic mass is 32.2. The van der Waals surface area contributed by atoms with E-state index >= 15 is 0 Å². The predicted octanol–water partition coefficient (Wildman–Crippen LogP) is 9.64. The van der Waals surface area contributed by atoms with Gasteiger partial charge in [-0.2, -0.15) is 11.8 Å². The molecule has 2 aromatic carbocycles. The fourth-order valence-electron chi connectivity index (χ4n) is 4.64. The number of nitrogens with zero attached hydrogens (tertiary/aromatic N) is 2. The first-order chi connectivity index (χ1) is 17.1. The molecule has 0 aliphatic carbocycles. The van der Waals surface area contributed by atoms with Crippen molar-refractivity contribution in [1.29, 1.82) is 0 Å². The van der Waals surface area contributed by atoms with Gasteiger partial charge >= 0.3 is 0 Å². The molecule has 0 fully saturated rings. The lowest BCUT2D eigenvalue weighted by Gasteiger charge is -2.06. The SMILES string of the molecule is Cc1sc(-c2nc3ccccc3s2)cc1C1=C(c2cc(-c3nc4ccccc4s3)sc2C)CSC1. The number of aromatic nitrogens is 2. The van der Waals surface area contributed by atoms with Crippen LogP contribution in [0.15, 0.2) is 60.7 Å². The summed E-state index contributed by atoms with van der Waals surface area (Å²) in [5.74, 6) is 2.13. The van der Waals surface area contributed by atoms with Crippen molar-refractivity contribution in [3.05, 3.63) is 81.5 Å². The molecule has 0 saturated carbocycles. The second kappa shape index (κ2) is 8.68. The summed E-state index contributed by atoms with van der Waals surface area (Å²) in [5, 5.41) is 2.26. The fourth-order valence-corrected chi connectivity index (χ4v) is 9.93. The summed E-state index contributed by atoms with van der Waals surface area (Å²) in [5.41, 5.74) is 7.97. The molecule has 0 atom stereocenters. The van der Waals surface area contributed by atoms with Crippen LogP contribution in [0.1, 0.15) is 20.9 Å². The van der Waals surface area contributed by atoms with Crippen LogP contribution in [0, 0.1) is 13.8 Å². The van der Waals surface area contributed by atoms with Gasteiger partial charge < -0.3 is 0 Å². The van der Waals surface area contributed by atoms with Crippen LogP contribution in [0.5, 0.6) is 0 Å². The molecule has 35 heavy (non-hydrogen) atoms. The third kappa shape index (κ3) is 3.81. The molecule has 0 amide bonds. The van der Waals surface area contributed by atoms with Crippen molar-refractivity contribution in [2.45, 2.75) is 13.8 Å². The highest BCUT2D eigenvalue weighted by Crippen LogP contribution is 2.47. The van der Waals surface area contributed by atoms with Gasteiger partial charge in [-0.15, -0.1) is 45.3 Å². The first-order valence-electron chi connectivity index (χ1n) is 11.4. The maximum atomic E-state index is 4.91. The molecule has 4 aromatic heterocycles. The third-order valence-corrected chi connectivity index (χ3v) is 11.9. The second-order valence-electron chi connectivity index (χ2n) is 8.58. The van der Waals surface area contributed by atoms with E-state index in [0.29, 0.717) is 0 Å². The van der Waals surface area contributed by atoms with E-state index in [1.165, 1.54) is 51.2 Å². The highest BCUT2D eigenvalue weighted by Gasteiger charge is 2.25. The van der Waals surface area contributed by atoms with Crippen molar-refractivity contribution in [3.8, 4) is 19.8 Å². The number of rotatable bonds is 4. The quantitative estimate of drug-likeness (QED) is 0.221. The van der Waals surface area contributed by atoms with Gasteiger partial charge in [-0.3, -0.25) is 0 Å². The molecule has 7 rings (SSSR count). The minimum atomic E-state index is 1.07. The van der Waals surface area contributed by atoms with Crippen LogP contribution >= 0.6 is 57.1 Å². The van der Waals surface area contributed by atoms with E-state index in [0.717, 1.165) is 32.6 Å². The molecule has 6 aromatic rings. The Hall–Kier alpha value is -2.29. The number of thiophene rings is 2. The van der Waals surface area contributed by atoms with E-state index in [9.17, 15) is 0 Å². The van der Waals surface area contributed by atoms with Crippen LogP contribution in [-0.4, -0.2) is 21.5 Å². The second-order valence-corrected chi connectivity index (χ2v) is 14.1. The normalized spacial score (nSPS) is 14.1. The molecule has 0 N–H and O–H groups in total. The summed E-state index contributed by atoms with van der Waals surface area (Å²) in [7, 11) is 0. The lowest BCUT2D eigenvalue weighted by Crippen LogP contribution is -1.90. The molecule has 1 aliphatic heterocycles. The summed E-state index contributed by atoms with van der Waals surface area (Å²) in [6, 6.07) is 21.6. The van der Waals surface area contributed by atoms with Crippen LogP contribution in [0.4, 0.5) is 0 Å². The molecular weight excluding hydrogens is 525 g/mol. The van der Waals surface area contributed by atoms with Gasteiger partial charge in [0.2, 0.25) is 0 Å². The van der Waals surface area contributed by atoms with Crippen LogP contribution in [0.2, 0.25) is 0 Å². The smallest absolute Gasteiger partial charge is 0.134 e. The largest absolute Gasteiger partial charge is 0.235 e. The Labute approximate surface area is 224 Å². The predicted molar refractivity (Wildman–Crippen MR) is 159 cm³/mol. The molecule has 7 heteroatoms. The molecule has 0 unspecified atom stereocenters. The molecular formula is C28H20N2S5. The Kier molecular flexibility index (Phi) is 5.44. The van der Waals surface area contributed by atoms with Crippen LogP contribution in [0.25, 0.3) is 51.3 Å². The first-order valence-corrected chi connectivity index (χ1v) is 15.8. The van der Waals surface area contributed by atoms with Gasteiger partial charge in [0, 0.05) is 21.3 Å². The summed E-state index contributed by atoms with van der Waals surface area (Å²) in [6.45, 7) is 4.52. The van der Waals surface area contributed by atoms with Gasteiger partial charge in [0.25, 0.3) is 0 Å². The summed E-state index contributed by atoms with van der Waals surface area (Å²) in [4.78, 5) is 15.1. The van der Waals surface area contributed by atoms with Gasteiger partial charge in [0.15, 0.2) is 0 Å². The Morgan fingerprint density at radius 1 is 0.600 bits per heavy atom. The Bertz CT molecular complexity index is 1570. The molecule has 2 nitrogen and oxygen atoms in total. The van der Waals surface area contributed by atoms with Crippen molar-refractivity contribution in [2.75, 3.05) is 11.5 Å². The standard InChI is InChI=1S/C28H20N2S5/c1-15-17(11-25(32-15)27-29-21-7-3-5-9-23(21)34-27)19-13-31-14-20(19)18-12-26(33-16(18)2)28-30-22-8-4-6-10-24(22)35-28/h3-12H,13-14H2,1-2H3. The molecule has 172 valence electrons. The van der Waals surface area contributed by atoms with E-state index in [4.69, 9.17) is 9.97 Å². The van der Waals surface area contributed by atoms with Crippen molar-refractivity contribution < 1.29 is 0 Å². The maximum absolute atomic E-state index is 4.91. The van der Waals surface area contributed by atoms with Crippen LogP contribution < -0.4 is 0 Å². The highest BCUT2D eigenvalue weighted by molar-refractivity contribution is 8.00. The average Bonchev–Trinajstić information content (AvgIpc) is 3.66. The minimum absolute atomic E-state index is 1.07. The van der Waals surface area contributed by atoms with E-state index in [1.807, 2.05) is 34.4 Å². The fraction of sp³-hybridized carbons (Fsp3) is 0.143. The van der Waals surface area contributed by atoms with Gasteiger partial charge in [-0.25, -0.2) is 9.97 Å². The van der Waals surface area contributed by atoms with Gasteiger partial charge in [-0.05, 0) is 72.5 Å². The molecule has 1 aliphatic rings. The van der Waals surface area contributed by atoms with Crippen molar-refractivity contribution >= 4 is 88.7 Å². The van der Waals surface area contributed by atoms with Crippen molar-refractivity contribution in [3.63, 3.8) is 0 Å². The molecule has 5 heterocycles. The minimum Gasteiger partial charge on any atom is -0.235 e. The number of thioether (sulfide) groups is 1. The Morgan fingerprint density at radius 2 is 1.06 bits per heavy atom. The van der Waals surface area contributed by atoms with Gasteiger partial charge in [0.05, 0.1) is 30.2 Å². The summed E-state index contributed by atoms with van der Waals surface area (Å²) in [6.07, 6.45) is 0. The average molecular weight is 545 g/mol. The van der Waals surface area contributed by atoms with Crippen molar-refractivity contribution in [1.82, 2.24) is 9.97 Å². The molecule has 0 radical (unpaired) electrons. The van der Waals surface area contributed by atoms with E-state index in [-0.39, 0.29) is 0 Å². The summed E-state index contributed by atoms with van der Waals surface area (Å²) >= 11 is 9.35. The van der Waals surface area contributed by atoms with E-state index in [2.05, 4.69) is 74.5 Å². The number of benzene rings is 2. The zero-order chi connectivity index (χ0) is 23.5. The third-order valence-electron chi connectivity index (χ3n) is 6.35. The Balaban J connectivity index is 1.29. The number of thiazole rings is 2. The molecule has 0 bridgehead atoms. The van der Waals surface area contributed by atoms with E-state index < -0.39 is 0 Å². The van der Waals surface area contributed by atoms with Crippen LogP contribution in [-0.2, 0) is 0 Å². The van der Waals surface area contributed by atoms with Crippen molar-refractivity contribution in [2.24, 2.45) is 0 Å². The number of aryl methyl sites for hydroxylation is 2. The number of hydrogen-bond donors (Lipinski definition) is 0. The maximum Gasteiger partial charge on any atom is 0.134 e.